The Bertz CT molecular complexity index is 369. The van der Waals surface area contributed by atoms with Crippen LogP contribution in [-0.2, 0) is 4.79 Å². The van der Waals surface area contributed by atoms with E-state index in [4.69, 9.17) is 0 Å². The third kappa shape index (κ3) is 3.58. The van der Waals surface area contributed by atoms with Gasteiger partial charge in [0.15, 0.2) is 0 Å². The molecule has 1 amide bonds. The molecule has 2 N–H and O–H groups in total. The maximum Gasteiger partial charge on any atom is 0.223 e. The van der Waals surface area contributed by atoms with Gasteiger partial charge in [-0.05, 0) is 38.1 Å². The smallest absolute Gasteiger partial charge is 0.223 e. The third-order valence-corrected chi connectivity index (χ3v) is 5.75. The zero-order valence-corrected chi connectivity index (χ0v) is 13.4. The van der Waals surface area contributed by atoms with Crippen molar-refractivity contribution in [3.05, 3.63) is 0 Å². The zero-order chi connectivity index (χ0) is 14.7. The van der Waals surface area contributed by atoms with E-state index in [9.17, 15) is 4.79 Å². The van der Waals surface area contributed by atoms with Gasteiger partial charge < -0.3 is 20.4 Å². The Hall–Kier alpha value is -0.650. The number of hydrogen-bond acceptors (Lipinski definition) is 4. The molecule has 2 atom stereocenters. The molecule has 2 saturated heterocycles. The second-order valence-electron chi connectivity index (χ2n) is 7.14. The molecule has 1 aliphatic carbocycles. The number of rotatable bonds is 4. The van der Waals surface area contributed by atoms with Crippen molar-refractivity contribution in [1.29, 1.82) is 0 Å². The summed E-state index contributed by atoms with van der Waals surface area (Å²) in [5.41, 5.74) is 0.429. The fourth-order valence-electron chi connectivity index (χ4n) is 4.32. The SMILES string of the molecule is CNC1CCC2(CCN(C(=O)CCN3CCNCC3)C2)C1. The highest BCUT2D eigenvalue weighted by Crippen LogP contribution is 2.45. The fourth-order valence-corrected chi connectivity index (χ4v) is 4.32. The number of carbonyl (C=O) groups excluding carboxylic acids is 1. The lowest BCUT2D eigenvalue weighted by Crippen LogP contribution is -2.45. The Balaban J connectivity index is 1.44. The second-order valence-corrected chi connectivity index (χ2v) is 7.14. The lowest BCUT2D eigenvalue weighted by atomic mass is 9.85. The fraction of sp³-hybridized carbons (Fsp3) is 0.938. The van der Waals surface area contributed by atoms with Gasteiger partial charge in [0.1, 0.15) is 0 Å². The summed E-state index contributed by atoms with van der Waals surface area (Å²) in [4.78, 5) is 17.0. The molecule has 2 heterocycles. The minimum atomic E-state index is 0.373. The summed E-state index contributed by atoms with van der Waals surface area (Å²) in [5.74, 6) is 0.373. The molecular weight excluding hydrogens is 264 g/mol. The first-order valence-electron chi connectivity index (χ1n) is 8.59. The van der Waals surface area contributed by atoms with E-state index in [1.807, 2.05) is 0 Å². The van der Waals surface area contributed by atoms with Crippen LogP contribution in [0, 0.1) is 5.41 Å². The molecule has 0 aromatic heterocycles. The summed E-state index contributed by atoms with van der Waals surface area (Å²) in [6, 6.07) is 0.668. The molecule has 2 unspecified atom stereocenters. The molecule has 0 bridgehead atoms. The average Bonchev–Trinajstić information content (AvgIpc) is 3.13. The number of amides is 1. The minimum absolute atomic E-state index is 0.373. The van der Waals surface area contributed by atoms with Crippen molar-refractivity contribution < 1.29 is 4.79 Å². The highest BCUT2D eigenvalue weighted by Gasteiger charge is 2.44. The molecule has 0 radical (unpaired) electrons. The summed E-state index contributed by atoms with van der Waals surface area (Å²) < 4.78 is 0. The van der Waals surface area contributed by atoms with Crippen molar-refractivity contribution in [2.45, 2.75) is 38.1 Å². The van der Waals surface area contributed by atoms with E-state index in [0.29, 0.717) is 23.8 Å². The number of hydrogen-bond donors (Lipinski definition) is 2. The van der Waals surface area contributed by atoms with Gasteiger partial charge >= 0.3 is 0 Å². The maximum absolute atomic E-state index is 12.4. The quantitative estimate of drug-likeness (QED) is 0.781. The predicted octanol–water partition coefficient (Wildman–Crippen LogP) is 0.272. The van der Waals surface area contributed by atoms with Crippen LogP contribution in [0.15, 0.2) is 0 Å². The lowest BCUT2D eigenvalue weighted by molar-refractivity contribution is -0.130. The van der Waals surface area contributed by atoms with Crippen LogP contribution in [-0.4, -0.2) is 74.6 Å². The van der Waals surface area contributed by atoms with Crippen LogP contribution in [0.4, 0.5) is 0 Å². The van der Waals surface area contributed by atoms with Crippen LogP contribution in [0.2, 0.25) is 0 Å². The minimum Gasteiger partial charge on any atom is -0.342 e. The molecule has 5 heteroatoms. The van der Waals surface area contributed by atoms with Crippen molar-refractivity contribution in [3.8, 4) is 0 Å². The molecular formula is C16H30N4O. The summed E-state index contributed by atoms with van der Waals surface area (Å²) >= 11 is 0. The molecule has 0 aromatic rings. The van der Waals surface area contributed by atoms with E-state index in [1.165, 1.54) is 25.7 Å². The number of piperazine rings is 1. The number of nitrogens with zero attached hydrogens (tertiary/aromatic N) is 2. The number of carbonyl (C=O) groups is 1. The van der Waals surface area contributed by atoms with Crippen LogP contribution in [0.1, 0.15) is 32.1 Å². The number of nitrogens with one attached hydrogen (secondary N) is 2. The van der Waals surface area contributed by atoms with Gasteiger partial charge in [-0.25, -0.2) is 0 Å². The third-order valence-electron chi connectivity index (χ3n) is 5.75. The Labute approximate surface area is 128 Å². The molecule has 3 fully saturated rings. The zero-order valence-electron chi connectivity index (χ0n) is 13.4. The molecule has 21 heavy (non-hydrogen) atoms. The summed E-state index contributed by atoms with van der Waals surface area (Å²) in [6.45, 7) is 7.21. The van der Waals surface area contributed by atoms with Gasteiger partial charge in [0.2, 0.25) is 5.91 Å². The highest BCUT2D eigenvalue weighted by molar-refractivity contribution is 5.76. The average molecular weight is 294 g/mol. The Kier molecular flexibility index (Phi) is 4.82. The topological polar surface area (TPSA) is 47.6 Å². The Morgan fingerprint density at radius 3 is 2.81 bits per heavy atom. The summed E-state index contributed by atoms with van der Waals surface area (Å²) in [7, 11) is 2.06. The van der Waals surface area contributed by atoms with E-state index < -0.39 is 0 Å². The van der Waals surface area contributed by atoms with Gasteiger partial charge in [0, 0.05) is 58.3 Å². The monoisotopic (exact) mass is 294 g/mol. The first-order valence-corrected chi connectivity index (χ1v) is 8.59. The van der Waals surface area contributed by atoms with Crippen LogP contribution >= 0.6 is 0 Å². The standard InChI is InChI=1S/C16H30N4O/c1-17-14-2-4-16(12-14)5-9-20(13-16)15(21)3-8-19-10-6-18-7-11-19/h14,17-18H,2-13H2,1H3. The van der Waals surface area contributed by atoms with Crippen LogP contribution < -0.4 is 10.6 Å². The van der Waals surface area contributed by atoms with Gasteiger partial charge in [-0.2, -0.15) is 0 Å². The molecule has 1 spiro atoms. The van der Waals surface area contributed by atoms with Gasteiger partial charge in [-0.15, -0.1) is 0 Å². The first-order chi connectivity index (χ1) is 10.2. The van der Waals surface area contributed by atoms with Crippen molar-refractivity contribution >= 4 is 5.91 Å². The van der Waals surface area contributed by atoms with Crippen molar-refractivity contribution in [3.63, 3.8) is 0 Å². The Morgan fingerprint density at radius 2 is 2.10 bits per heavy atom. The Morgan fingerprint density at radius 1 is 1.29 bits per heavy atom. The van der Waals surface area contributed by atoms with E-state index in [0.717, 1.165) is 45.8 Å². The molecule has 1 saturated carbocycles. The molecule has 0 aromatic carbocycles. The molecule has 2 aliphatic heterocycles. The van der Waals surface area contributed by atoms with Crippen LogP contribution in [0.3, 0.4) is 0 Å². The predicted molar refractivity (Wildman–Crippen MR) is 84.3 cm³/mol. The highest BCUT2D eigenvalue weighted by atomic mass is 16.2. The number of likely N-dealkylation sites (tertiary alicyclic amines) is 1. The molecule has 120 valence electrons. The summed E-state index contributed by atoms with van der Waals surface area (Å²) in [6.07, 6.45) is 5.74. The first kappa shape index (κ1) is 15.3. The van der Waals surface area contributed by atoms with Crippen molar-refractivity contribution in [2.24, 2.45) is 5.41 Å². The van der Waals surface area contributed by atoms with E-state index >= 15 is 0 Å². The van der Waals surface area contributed by atoms with Crippen LogP contribution in [0.25, 0.3) is 0 Å². The molecule has 5 nitrogen and oxygen atoms in total. The molecule has 3 aliphatic rings. The van der Waals surface area contributed by atoms with E-state index in [1.54, 1.807) is 0 Å². The molecule has 3 rings (SSSR count). The van der Waals surface area contributed by atoms with Gasteiger partial charge in [-0.3, -0.25) is 4.79 Å². The normalized spacial score (nSPS) is 34.0. The van der Waals surface area contributed by atoms with Gasteiger partial charge in [0.25, 0.3) is 0 Å². The maximum atomic E-state index is 12.4. The van der Waals surface area contributed by atoms with Crippen molar-refractivity contribution in [1.82, 2.24) is 20.4 Å². The van der Waals surface area contributed by atoms with Crippen LogP contribution in [0.5, 0.6) is 0 Å². The summed E-state index contributed by atoms with van der Waals surface area (Å²) in [5, 5.41) is 6.77. The second kappa shape index (κ2) is 6.63. The van der Waals surface area contributed by atoms with E-state index in [-0.39, 0.29) is 0 Å². The lowest BCUT2D eigenvalue weighted by Gasteiger charge is -2.28. The van der Waals surface area contributed by atoms with Gasteiger partial charge in [0.05, 0.1) is 0 Å². The largest absolute Gasteiger partial charge is 0.342 e. The van der Waals surface area contributed by atoms with E-state index in [2.05, 4.69) is 27.5 Å². The van der Waals surface area contributed by atoms with Gasteiger partial charge in [-0.1, -0.05) is 0 Å². The van der Waals surface area contributed by atoms with Crippen molar-refractivity contribution in [2.75, 3.05) is 52.9 Å².